The molecule has 0 N–H and O–H groups in total. The van der Waals surface area contributed by atoms with Crippen LogP contribution in [0.3, 0.4) is 0 Å². The van der Waals surface area contributed by atoms with Gasteiger partial charge in [0.15, 0.2) is 6.29 Å². The highest BCUT2D eigenvalue weighted by molar-refractivity contribution is 7.09. The Morgan fingerprint density at radius 3 is 2.64 bits per heavy atom. The van der Waals surface area contributed by atoms with E-state index in [9.17, 15) is 4.79 Å². The lowest BCUT2D eigenvalue weighted by Gasteiger charge is -1.96. The average molecular weight is 225 g/mol. The first-order chi connectivity index (χ1) is 6.81. The van der Waals surface area contributed by atoms with E-state index >= 15 is 0 Å². The Balaban J connectivity index is 2.49. The van der Waals surface area contributed by atoms with E-state index < -0.39 is 0 Å². The second-order valence-corrected chi connectivity index (χ2v) is 3.80. The van der Waals surface area contributed by atoms with Crippen LogP contribution in [0, 0.1) is 0 Å². The molecule has 0 aliphatic rings. The molecule has 70 valence electrons. The maximum atomic E-state index is 10.6. The van der Waals surface area contributed by atoms with Crippen LogP contribution in [0.1, 0.15) is 10.5 Å². The lowest BCUT2D eigenvalue weighted by atomic mass is 10.2. The van der Waals surface area contributed by atoms with Gasteiger partial charge in [-0.25, -0.2) is 0 Å². The third-order valence-electron chi connectivity index (χ3n) is 1.73. The van der Waals surface area contributed by atoms with Crippen LogP contribution in [-0.2, 0) is 0 Å². The number of carbonyl (C=O) groups is 1. The SMILES string of the molecule is O=Cc1nnsc1-c1ccc(Cl)cc1. The van der Waals surface area contributed by atoms with Crippen molar-refractivity contribution in [3.8, 4) is 10.4 Å². The van der Waals surface area contributed by atoms with Gasteiger partial charge >= 0.3 is 0 Å². The summed E-state index contributed by atoms with van der Waals surface area (Å²) in [5, 5.41) is 4.37. The summed E-state index contributed by atoms with van der Waals surface area (Å²) in [5.74, 6) is 0. The molecule has 0 amide bonds. The Kier molecular flexibility index (Phi) is 2.56. The first-order valence-electron chi connectivity index (χ1n) is 3.85. The van der Waals surface area contributed by atoms with Gasteiger partial charge in [0, 0.05) is 5.02 Å². The van der Waals surface area contributed by atoms with Crippen molar-refractivity contribution in [3.05, 3.63) is 35.0 Å². The zero-order chi connectivity index (χ0) is 9.97. The molecular formula is C9H5ClN2OS. The van der Waals surface area contributed by atoms with Gasteiger partial charge in [-0.05, 0) is 29.2 Å². The molecule has 1 aromatic carbocycles. The van der Waals surface area contributed by atoms with Gasteiger partial charge in [0.05, 0.1) is 4.88 Å². The molecule has 0 saturated carbocycles. The number of aldehydes is 1. The third-order valence-corrected chi connectivity index (χ3v) is 2.77. The molecule has 0 unspecified atom stereocenters. The van der Waals surface area contributed by atoms with Crippen LogP contribution in [0.5, 0.6) is 0 Å². The van der Waals surface area contributed by atoms with Gasteiger partial charge in [-0.15, -0.1) is 5.10 Å². The van der Waals surface area contributed by atoms with E-state index in [1.807, 2.05) is 12.1 Å². The number of hydrogen-bond donors (Lipinski definition) is 0. The summed E-state index contributed by atoms with van der Waals surface area (Å²) in [6.45, 7) is 0. The van der Waals surface area contributed by atoms with Gasteiger partial charge in [0.1, 0.15) is 5.69 Å². The molecule has 0 aliphatic carbocycles. The Morgan fingerprint density at radius 2 is 2.00 bits per heavy atom. The highest BCUT2D eigenvalue weighted by Gasteiger charge is 2.08. The molecule has 1 aromatic heterocycles. The van der Waals surface area contributed by atoms with Crippen LogP contribution in [0.15, 0.2) is 24.3 Å². The summed E-state index contributed by atoms with van der Waals surface area (Å²) in [4.78, 5) is 11.4. The topological polar surface area (TPSA) is 42.9 Å². The smallest absolute Gasteiger partial charge is 0.171 e. The average Bonchev–Trinajstić information content (AvgIpc) is 2.67. The highest BCUT2D eigenvalue weighted by Crippen LogP contribution is 2.26. The van der Waals surface area contributed by atoms with Crippen LogP contribution in [0.2, 0.25) is 5.02 Å². The zero-order valence-corrected chi connectivity index (χ0v) is 8.55. The van der Waals surface area contributed by atoms with E-state index in [4.69, 9.17) is 11.6 Å². The normalized spacial score (nSPS) is 10.1. The summed E-state index contributed by atoms with van der Waals surface area (Å²) in [7, 11) is 0. The minimum Gasteiger partial charge on any atom is -0.296 e. The van der Waals surface area contributed by atoms with E-state index in [0.717, 1.165) is 10.4 Å². The van der Waals surface area contributed by atoms with Crippen molar-refractivity contribution >= 4 is 29.4 Å². The molecule has 0 fully saturated rings. The molecule has 14 heavy (non-hydrogen) atoms. The zero-order valence-electron chi connectivity index (χ0n) is 6.98. The molecular weight excluding hydrogens is 220 g/mol. The standard InChI is InChI=1S/C9H5ClN2OS/c10-7-3-1-6(2-4-7)9-8(5-13)11-12-14-9/h1-5H. The van der Waals surface area contributed by atoms with E-state index in [2.05, 4.69) is 9.59 Å². The van der Waals surface area contributed by atoms with Gasteiger partial charge in [0.2, 0.25) is 0 Å². The summed E-state index contributed by atoms with van der Waals surface area (Å²) in [6, 6.07) is 7.21. The van der Waals surface area contributed by atoms with Crippen molar-refractivity contribution in [2.75, 3.05) is 0 Å². The van der Waals surface area contributed by atoms with Gasteiger partial charge in [-0.3, -0.25) is 4.79 Å². The first kappa shape index (κ1) is 9.30. The van der Waals surface area contributed by atoms with Crippen molar-refractivity contribution in [1.82, 2.24) is 9.59 Å². The monoisotopic (exact) mass is 224 g/mol. The Morgan fingerprint density at radius 1 is 1.29 bits per heavy atom. The van der Waals surface area contributed by atoms with Crippen molar-refractivity contribution < 1.29 is 4.79 Å². The molecule has 2 rings (SSSR count). The number of rotatable bonds is 2. The molecule has 3 nitrogen and oxygen atoms in total. The van der Waals surface area contributed by atoms with E-state index in [0.29, 0.717) is 17.0 Å². The Bertz CT molecular complexity index is 452. The molecule has 5 heteroatoms. The number of carbonyl (C=O) groups excluding carboxylic acids is 1. The van der Waals surface area contributed by atoms with Crippen molar-refractivity contribution in [1.29, 1.82) is 0 Å². The fourth-order valence-electron chi connectivity index (χ4n) is 1.08. The van der Waals surface area contributed by atoms with E-state index in [1.165, 1.54) is 11.5 Å². The lowest BCUT2D eigenvalue weighted by Crippen LogP contribution is -1.83. The van der Waals surface area contributed by atoms with Crippen molar-refractivity contribution in [2.24, 2.45) is 0 Å². The molecule has 2 aromatic rings. The van der Waals surface area contributed by atoms with Crippen LogP contribution in [0.25, 0.3) is 10.4 Å². The first-order valence-corrected chi connectivity index (χ1v) is 5.00. The van der Waals surface area contributed by atoms with Gasteiger partial charge in [0.25, 0.3) is 0 Å². The van der Waals surface area contributed by atoms with Crippen LogP contribution in [-0.4, -0.2) is 15.9 Å². The van der Waals surface area contributed by atoms with E-state index in [1.54, 1.807) is 12.1 Å². The number of benzene rings is 1. The second kappa shape index (κ2) is 3.86. The molecule has 1 heterocycles. The largest absolute Gasteiger partial charge is 0.296 e. The minimum atomic E-state index is 0.373. The fourth-order valence-corrected chi connectivity index (χ4v) is 1.84. The predicted octanol–water partition coefficient (Wildman–Crippen LogP) is 2.67. The number of aromatic nitrogens is 2. The lowest BCUT2D eigenvalue weighted by molar-refractivity contribution is 0.111. The van der Waals surface area contributed by atoms with Crippen molar-refractivity contribution in [2.45, 2.75) is 0 Å². The molecule has 0 bridgehead atoms. The van der Waals surface area contributed by atoms with Crippen LogP contribution in [0.4, 0.5) is 0 Å². The Labute approximate surface area is 89.5 Å². The van der Waals surface area contributed by atoms with E-state index in [-0.39, 0.29) is 0 Å². The summed E-state index contributed by atoms with van der Waals surface area (Å²) < 4.78 is 3.72. The van der Waals surface area contributed by atoms with Gasteiger partial charge < -0.3 is 0 Å². The predicted molar refractivity (Wildman–Crippen MR) is 55.7 cm³/mol. The number of halogens is 1. The maximum absolute atomic E-state index is 10.6. The van der Waals surface area contributed by atoms with Gasteiger partial charge in [-0.2, -0.15) is 0 Å². The molecule has 0 aliphatic heterocycles. The molecule has 0 atom stereocenters. The summed E-state index contributed by atoms with van der Waals surface area (Å²) in [6.07, 6.45) is 0.702. The fraction of sp³-hybridized carbons (Fsp3) is 0. The second-order valence-electron chi connectivity index (χ2n) is 2.61. The summed E-state index contributed by atoms with van der Waals surface area (Å²) >= 11 is 6.95. The van der Waals surface area contributed by atoms with Crippen LogP contribution >= 0.6 is 23.1 Å². The third kappa shape index (κ3) is 1.66. The number of nitrogens with zero attached hydrogens (tertiary/aromatic N) is 2. The van der Waals surface area contributed by atoms with Crippen molar-refractivity contribution in [3.63, 3.8) is 0 Å². The maximum Gasteiger partial charge on any atom is 0.171 e. The number of hydrogen-bond acceptors (Lipinski definition) is 4. The molecule has 0 spiro atoms. The quantitative estimate of drug-likeness (QED) is 0.737. The Hall–Kier alpha value is -1.26. The highest BCUT2D eigenvalue weighted by atomic mass is 35.5. The molecule has 0 radical (unpaired) electrons. The van der Waals surface area contributed by atoms with Gasteiger partial charge in [-0.1, -0.05) is 28.2 Å². The summed E-state index contributed by atoms with van der Waals surface area (Å²) in [5.41, 5.74) is 1.28. The minimum absolute atomic E-state index is 0.373. The van der Waals surface area contributed by atoms with Crippen LogP contribution < -0.4 is 0 Å². The molecule has 0 saturated heterocycles.